The predicted molar refractivity (Wildman–Crippen MR) is 111 cm³/mol. The zero-order chi connectivity index (χ0) is 22.1. The molecule has 0 saturated heterocycles. The number of ether oxygens (including phenoxy) is 3. The van der Waals surface area contributed by atoms with Crippen molar-refractivity contribution in [1.29, 1.82) is 0 Å². The van der Waals surface area contributed by atoms with Gasteiger partial charge in [-0.2, -0.15) is 0 Å². The first-order valence-electron chi connectivity index (χ1n) is 9.82. The van der Waals surface area contributed by atoms with Gasteiger partial charge in [0.15, 0.2) is 23.1 Å². The van der Waals surface area contributed by atoms with Crippen molar-refractivity contribution in [2.24, 2.45) is 0 Å². The number of pyridine rings is 2. The fraction of sp³-hybridized carbons (Fsp3) is 0.182. The van der Waals surface area contributed by atoms with E-state index >= 15 is 0 Å². The summed E-state index contributed by atoms with van der Waals surface area (Å²) in [7, 11) is 0. The van der Waals surface area contributed by atoms with E-state index in [9.17, 15) is 13.2 Å². The van der Waals surface area contributed by atoms with Gasteiger partial charge in [0.25, 0.3) is 0 Å². The van der Waals surface area contributed by atoms with Crippen LogP contribution in [0.2, 0.25) is 0 Å². The SMILES string of the molecule is Fc1cncc(F)c1-c1nc2cccc(OCC[18F])n2c1Nc1ccc2c(c1)OCCO2. The van der Waals surface area contributed by atoms with Crippen molar-refractivity contribution in [1.82, 2.24) is 14.4 Å². The Morgan fingerprint density at radius 1 is 1.03 bits per heavy atom. The van der Waals surface area contributed by atoms with Crippen LogP contribution in [-0.2, 0) is 0 Å². The highest BCUT2D eigenvalue weighted by Crippen LogP contribution is 2.38. The first kappa shape index (κ1) is 20.0. The van der Waals surface area contributed by atoms with Crippen LogP contribution in [-0.4, -0.2) is 40.9 Å². The smallest absolute Gasteiger partial charge is 0.201 e. The normalized spacial score (nSPS) is 12.7. The molecule has 32 heavy (non-hydrogen) atoms. The first-order valence-corrected chi connectivity index (χ1v) is 9.82. The van der Waals surface area contributed by atoms with E-state index in [2.05, 4.69) is 15.3 Å². The lowest BCUT2D eigenvalue weighted by Gasteiger charge is -2.19. The van der Waals surface area contributed by atoms with Gasteiger partial charge in [0.05, 0.1) is 18.0 Å². The van der Waals surface area contributed by atoms with Crippen LogP contribution in [0.1, 0.15) is 0 Å². The molecular weight excluding hydrogens is 424 g/mol. The Bertz CT molecular complexity index is 1270. The number of hydrogen-bond donors (Lipinski definition) is 1. The highest BCUT2D eigenvalue weighted by molar-refractivity contribution is 5.81. The molecule has 0 unspecified atom stereocenters. The summed E-state index contributed by atoms with van der Waals surface area (Å²) in [6.07, 6.45) is 1.83. The zero-order valence-electron chi connectivity index (χ0n) is 16.6. The number of fused-ring (bicyclic) bond motifs is 2. The summed E-state index contributed by atoms with van der Waals surface area (Å²) in [5.74, 6) is -0.121. The summed E-state index contributed by atoms with van der Waals surface area (Å²) < 4.78 is 60.2. The van der Waals surface area contributed by atoms with E-state index in [0.717, 1.165) is 12.4 Å². The summed E-state index contributed by atoms with van der Waals surface area (Å²) >= 11 is 0. The third kappa shape index (κ3) is 3.53. The van der Waals surface area contributed by atoms with Gasteiger partial charge in [0, 0.05) is 11.8 Å². The van der Waals surface area contributed by atoms with E-state index in [1.807, 2.05) is 0 Å². The number of alkyl halides is 1. The van der Waals surface area contributed by atoms with Gasteiger partial charge in [0.2, 0.25) is 5.88 Å². The van der Waals surface area contributed by atoms with Crippen molar-refractivity contribution in [3.8, 4) is 28.6 Å². The van der Waals surface area contributed by atoms with E-state index in [1.54, 1.807) is 36.4 Å². The predicted octanol–water partition coefficient (Wildman–Crippen LogP) is 4.54. The van der Waals surface area contributed by atoms with Gasteiger partial charge in [-0.3, -0.25) is 4.98 Å². The van der Waals surface area contributed by atoms with Gasteiger partial charge < -0.3 is 19.5 Å². The maximum Gasteiger partial charge on any atom is 0.201 e. The number of aromatic nitrogens is 3. The van der Waals surface area contributed by atoms with Crippen molar-refractivity contribution in [2.75, 3.05) is 31.8 Å². The monoisotopic (exact) mass is 441 g/mol. The quantitative estimate of drug-likeness (QED) is 0.474. The van der Waals surface area contributed by atoms with Crippen molar-refractivity contribution in [2.45, 2.75) is 0 Å². The number of hydrogen-bond acceptors (Lipinski definition) is 6. The molecule has 5 rings (SSSR count). The van der Waals surface area contributed by atoms with Crippen LogP contribution in [0.5, 0.6) is 17.4 Å². The maximum atomic E-state index is 14.6. The largest absolute Gasteiger partial charge is 0.486 e. The third-order valence-corrected chi connectivity index (χ3v) is 4.83. The fourth-order valence-corrected chi connectivity index (χ4v) is 3.50. The molecule has 4 aromatic rings. The van der Waals surface area contributed by atoms with E-state index < -0.39 is 18.3 Å². The molecule has 1 aromatic carbocycles. The Hall–Kier alpha value is -3.95. The molecular formula is C22H17F3N4O3. The minimum atomic E-state index is -0.871. The highest BCUT2D eigenvalue weighted by atomic mass is 19.1. The summed E-state index contributed by atoms with van der Waals surface area (Å²) in [4.78, 5) is 7.96. The lowest BCUT2D eigenvalue weighted by atomic mass is 10.1. The van der Waals surface area contributed by atoms with Gasteiger partial charge >= 0.3 is 0 Å². The molecule has 0 aliphatic carbocycles. The molecule has 1 N–H and O–H groups in total. The number of nitrogens with zero attached hydrogens (tertiary/aromatic N) is 3. The first-order chi connectivity index (χ1) is 15.7. The molecule has 0 radical (unpaired) electrons. The molecule has 0 spiro atoms. The minimum absolute atomic E-state index is 0.00795. The molecule has 7 nitrogen and oxygen atoms in total. The van der Waals surface area contributed by atoms with E-state index in [1.165, 1.54) is 4.40 Å². The molecule has 0 amide bonds. The lowest BCUT2D eigenvalue weighted by Crippen LogP contribution is -2.15. The summed E-state index contributed by atoms with van der Waals surface area (Å²) in [5.41, 5.74) is 0.577. The van der Waals surface area contributed by atoms with E-state index in [4.69, 9.17) is 14.2 Å². The van der Waals surface area contributed by atoms with Crippen molar-refractivity contribution in [3.63, 3.8) is 0 Å². The number of nitrogens with one attached hydrogen (secondary N) is 1. The second-order valence-corrected chi connectivity index (χ2v) is 6.87. The third-order valence-electron chi connectivity index (χ3n) is 4.83. The standard InChI is InChI=1S/C22H17F3N4O3/c23-6-7-32-19-3-1-2-18-28-21(20-14(24)11-26-12-15(20)25)22(29(18)19)27-13-4-5-16-17(10-13)31-9-8-30-16/h1-5,10-12,27H,6-9H2/i23-1. The van der Waals surface area contributed by atoms with Crippen molar-refractivity contribution >= 4 is 17.2 Å². The molecule has 0 bridgehead atoms. The van der Waals surface area contributed by atoms with Crippen LogP contribution in [0.25, 0.3) is 16.9 Å². The topological polar surface area (TPSA) is 69.9 Å². The second kappa shape index (κ2) is 8.29. The maximum absolute atomic E-state index is 14.6. The van der Waals surface area contributed by atoms with Crippen LogP contribution in [0.15, 0.2) is 48.8 Å². The van der Waals surface area contributed by atoms with Crippen LogP contribution < -0.4 is 19.5 Å². The highest BCUT2D eigenvalue weighted by Gasteiger charge is 2.23. The van der Waals surface area contributed by atoms with Gasteiger partial charge in [-0.25, -0.2) is 22.6 Å². The summed E-state index contributed by atoms with van der Waals surface area (Å²) in [6, 6.07) is 10.1. The molecule has 1 aliphatic heterocycles. The molecule has 3 aromatic heterocycles. The molecule has 164 valence electrons. The van der Waals surface area contributed by atoms with Crippen LogP contribution in [0.4, 0.5) is 24.7 Å². The number of imidazole rings is 1. The van der Waals surface area contributed by atoms with E-state index in [-0.39, 0.29) is 29.6 Å². The molecule has 0 fully saturated rings. The average Bonchev–Trinajstić information content (AvgIpc) is 3.16. The number of benzene rings is 1. The number of anilines is 2. The Labute approximate surface area is 180 Å². The molecule has 0 saturated carbocycles. The fourth-order valence-electron chi connectivity index (χ4n) is 3.50. The minimum Gasteiger partial charge on any atom is -0.486 e. The Kier molecular flexibility index (Phi) is 5.18. The van der Waals surface area contributed by atoms with Crippen molar-refractivity contribution < 1.29 is 27.4 Å². The van der Waals surface area contributed by atoms with Gasteiger partial charge in [-0.05, 0) is 24.3 Å². The molecule has 10 heteroatoms. The van der Waals surface area contributed by atoms with Crippen LogP contribution >= 0.6 is 0 Å². The Balaban J connectivity index is 1.69. The zero-order valence-corrected chi connectivity index (χ0v) is 16.6. The van der Waals surface area contributed by atoms with Crippen LogP contribution in [0, 0.1) is 11.6 Å². The van der Waals surface area contributed by atoms with Gasteiger partial charge in [-0.15, -0.1) is 0 Å². The Morgan fingerprint density at radius 3 is 2.59 bits per heavy atom. The summed E-state index contributed by atoms with van der Waals surface area (Å²) in [5, 5.41) is 3.15. The summed E-state index contributed by atoms with van der Waals surface area (Å²) in [6.45, 7) is -0.0242. The lowest BCUT2D eigenvalue weighted by molar-refractivity contribution is 0.171. The molecule has 4 heterocycles. The average molecular weight is 441 g/mol. The number of halogens is 3. The Morgan fingerprint density at radius 2 is 1.81 bits per heavy atom. The second-order valence-electron chi connectivity index (χ2n) is 6.87. The number of rotatable bonds is 6. The van der Waals surface area contributed by atoms with Gasteiger partial charge in [0.1, 0.15) is 43.7 Å². The van der Waals surface area contributed by atoms with Gasteiger partial charge in [-0.1, -0.05) is 6.07 Å². The molecule has 1 aliphatic rings. The van der Waals surface area contributed by atoms with Crippen molar-refractivity contribution in [3.05, 3.63) is 60.4 Å². The molecule has 0 atom stereocenters. The van der Waals surface area contributed by atoms with E-state index in [0.29, 0.717) is 36.0 Å². The van der Waals surface area contributed by atoms with Crippen LogP contribution in [0.3, 0.4) is 0 Å².